The average Bonchev–Trinajstić information content (AvgIpc) is 2.42. The van der Waals surface area contributed by atoms with E-state index in [4.69, 9.17) is 24.4 Å². The van der Waals surface area contributed by atoms with E-state index in [2.05, 4.69) is 4.90 Å². The van der Waals surface area contributed by atoms with Crippen LogP contribution in [0.4, 0.5) is 0 Å². The van der Waals surface area contributed by atoms with Crippen molar-refractivity contribution < 1.29 is 9.90 Å². The summed E-state index contributed by atoms with van der Waals surface area (Å²) in [7, 11) is 3.95. The van der Waals surface area contributed by atoms with Crippen LogP contribution in [-0.4, -0.2) is 91.1 Å². The van der Waals surface area contributed by atoms with Crippen LogP contribution in [0.15, 0.2) is 0 Å². The van der Waals surface area contributed by atoms with Gasteiger partial charge in [0.15, 0.2) is 0 Å². The van der Waals surface area contributed by atoms with Gasteiger partial charge in [-0.1, -0.05) is 48.0 Å². The van der Waals surface area contributed by atoms with Gasteiger partial charge in [-0.3, -0.25) is 9.80 Å². The van der Waals surface area contributed by atoms with Crippen LogP contribution in [0.2, 0.25) is 0 Å². The molecule has 2 aliphatic rings. The lowest BCUT2D eigenvalue weighted by molar-refractivity contribution is -0.142. The molecule has 0 spiro atoms. The van der Waals surface area contributed by atoms with E-state index in [1.807, 2.05) is 23.9 Å². The Morgan fingerprint density at radius 3 is 2.38 bits per heavy atom. The van der Waals surface area contributed by atoms with Crippen LogP contribution < -0.4 is 0 Å². The minimum absolute atomic E-state index is 0.347. The lowest BCUT2D eigenvalue weighted by atomic mass is 10.2. The van der Waals surface area contributed by atoms with Crippen molar-refractivity contribution in [2.75, 3.05) is 45.7 Å². The van der Waals surface area contributed by atoms with Gasteiger partial charge in [-0.25, -0.2) is 4.79 Å². The van der Waals surface area contributed by atoms with E-state index in [0.717, 1.165) is 16.1 Å². The third-order valence-corrected chi connectivity index (χ3v) is 6.50. The van der Waals surface area contributed by atoms with Crippen molar-refractivity contribution in [3.8, 4) is 0 Å². The van der Waals surface area contributed by atoms with Gasteiger partial charge in [0.2, 0.25) is 0 Å². The van der Waals surface area contributed by atoms with E-state index in [1.165, 1.54) is 11.8 Å². The van der Waals surface area contributed by atoms with Crippen LogP contribution in [0.25, 0.3) is 0 Å². The molecular weight excluding hydrogens is 348 g/mol. The fourth-order valence-electron chi connectivity index (χ4n) is 2.13. The number of thiocarbonyl (C=S) groups is 2. The van der Waals surface area contributed by atoms with E-state index in [-0.39, 0.29) is 0 Å². The second-order valence-electron chi connectivity index (χ2n) is 5.12. The fourth-order valence-corrected chi connectivity index (χ4v) is 4.25. The van der Waals surface area contributed by atoms with Gasteiger partial charge >= 0.3 is 5.97 Å². The quantitative estimate of drug-likeness (QED) is 0.723. The number of carbonyl (C=O) groups is 1. The summed E-state index contributed by atoms with van der Waals surface area (Å²) in [5.74, 6) is 0.769. The van der Waals surface area contributed by atoms with Gasteiger partial charge in [-0.05, 0) is 14.1 Å². The number of thioether (sulfide) groups is 2. The molecule has 0 aliphatic carbocycles. The normalized spacial score (nSPS) is 23.5. The molecule has 0 aromatic carbocycles. The van der Waals surface area contributed by atoms with Gasteiger partial charge in [0.05, 0.1) is 31.6 Å². The largest absolute Gasteiger partial charge is 0.480 e. The molecule has 21 heavy (non-hydrogen) atoms. The van der Waals surface area contributed by atoms with Crippen molar-refractivity contribution in [3.05, 3.63) is 0 Å². The number of carboxylic acid groups (broad SMARTS) is 1. The Labute approximate surface area is 143 Å². The minimum Gasteiger partial charge on any atom is -0.480 e. The van der Waals surface area contributed by atoms with E-state index >= 15 is 0 Å². The molecule has 10 heteroatoms. The second kappa shape index (κ2) is 7.42. The zero-order chi connectivity index (χ0) is 15.6. The predicted molar refractivity (Wildman–Crippen MR) is 95.3 cm³/mol. The lowest BCUT2D eigenvalue weighted by Gasteiger charge is -2.42. The molecule has 0 aromatic heterocycles. The van der Waals surface area contributed by atoms with Crippen molar-refractivity contribution in [2.45, 2.75) is 6.04 Å². The standard InChI is InChI=1S/C11H18N4O2S4/c1-12-4-14(10(18)20-6-12)3-8(9(16)17)15-5-13(2)7-21-11(15)19/h8H,3-7H2,1-2H3,(H,16,17). The Hall–Kier alpha value is -0.130. The van der Waals surface area contributed by atoms with Gasteiger partial charge in [0.25, 0.3) is 0 Å². The summed E-state index contributed by atoms with van der Waals surface area (Å²) < 4.78 is 1.40. The van der Waals surface area contributed by atoms with Gasteiger partial charge < -0.3 is 14.9 Å². The molecule has 2 rings (SSSR count). The Balaban J connectivity index is 2.09. The Morgan fingerprint density at radius 1 is 1.19 bits per heavy atom. The highest BCUT2D eigenvalue weighted by atomic mass is 32.2. The molecule has 2 saturated heterocycles. The van der Waals surface area contributed by atoms with Crippen LogP contribution in [0.3, 0.4) is 0 Å². The maximum atomic E-state index is 11.7. The second-order valence-corrected chi connectivity index (χ2v) is 8.28. The smallest absolute Gasteiger partial charge is 0.328 e. The molecule has 0 radical (unpaired) electrons. The first-order chi connectivity index (χ1) is 9.88. The molecular formula is C11H18N4O2S4. The Morgan fingerprint density at radius 2 is 1.76 bits per heavy atom. The van der Waals surface area contributed by atoms with Crippen molar-refractivity contribution in [3.63, 3.8) is 0 Å². The van der Waals surface area contributed by atoms with Gasteiger partial charge in [0.1, 0.15) is 14.7 Å². The summed E-state index contributed by atoms with van der Waals surface area (Å²) in [6, 6.07) is -0.683. The summed E-state index contributed by atoms with van der Waals surface area (Å²) in [6.07, 6.45) is 0. The van der Waals surface area contributed by atoms with Crippen LogP contribution >= 0.6 is 48.0 Å². The summed E-state index contributed by atoms with van der Waals surface area (Å²) >= 11 is 13.7. The Bertz CT molecular complexity index is 450. The van der Waals surface area contributed by atoms with Crippen LogP contribution in [0, 0.1) is 0 Å². The first-order valence-corrected chi connectivity index (χ1v) is 9.12. The zero-order valence-corrected chi connectivity index (χ0v) is 15.2. The molecule has 2 fully saturated rings. The van der Waals surface area contributed by atoms with E-state index in [9.17, 15) is 9.90 Å². The molecule has 1 unspecified atom stereocenters. The molecule has 1 atom stereocenters. The minimum atomic E-state index is -0.866. The zero-order valence-electron chi connectivity index (χ0n) is 11.9. The number of carboxylic acids is 1. The molecule has 0 bridgehead atoms. The van der Waals surface area contributed by atoms with Crippen molar-refractivity contribution in [1.29, 1.82) is 0 Å². The Kier molecular flexibility index (Phi) is 6.09. The molecule has 2 heterocycles. The number of rotatable bonds is 4. The third kappa shape index (κ3) is 4.42. The van der Waals surface area contributed by atoms with E-state index < -0.39 is 12.0 Å². The van der Waals surface area contributed by atoms with E-state index in [1.54, 1.807) is 16.7 Å². The molecule has 0 aromatic rings. The monoisotopic (exact) mass is 366 g/mol. The first kappa shape index (κ1) is 17.2. The summed E-state index contributed by atoms with van der Waals surface area (Å²) in [5, 5.41) is 9.59. The molecule has 2 aliphatic heterocycles. The van der Waals surface area contributed by atoms with Crippen molar-refractivity contribution in [1.82, 2.24) is 19.6 Å². The molecule has 0 saturated carbocycles. The van der Waals surface area contributed by atoms with Gasteiger partial charge in [0, 0.05) is 0 Å². The summed E-state index contributed by atoms with van der Waals surface area (Å²) in [5.41, 5.74) is 0. The third-order valence-electron chi connectivity index (χ3n) is 3.17. The number of nitrogens with zero attached hydrogens (tertiary/aromatic N) is 4. The summed E-state index contributed by atoms with van der Waals surface area (Å²) in [6.45, 7) is 1.53. The maximum Gasteiger partial charge on any atom is 0.328 e. The van der Waals surface area contributed by atoms with Gasteiger partial charge in [-0.2, -0.15) is 0 Å². The number of hydrogen-bond acceptors (Lipinski definition) is 7. The highest BCUT2D eigenvalue weighted by molar-refractivity contribution is 8.23. The van der Waals surface area contributed by atoms with Crippen LogP contribution in [0.5, 0.6) is 0 Å². The topological polar surface area (TPSA) is 50.3 Å². The van der Waals surface area contributed by atoms with Crippen LogP contribution in [0.1, 0.15) is 0 Å². The summed E-state index contributed by atoms with van der Waals surface area (Å²) in [4.78, 5) is 19.6. The van der Waals surface area contributed by atoms with Crippen LogP contribution in [-0.2, 0) is 4.79 Å². The van der Waals surface area contributed by atoms with Gasteiger partial charge in [-0.15, -0.1) is 0 Å². The van der Waals surface area contributed by atoms with Crippen molar-refractivity contribution >= 4 is 62.6 Å². The molecule has 1 N–H and O–H groups in total. The van der Waals surface area contributed by atoms with E-state index in [0.29, 0.717) is 24.2 Å². The SMILES string of the molecule is CN1CSC(=S)N(CC(C(=O)O)N2CN(C)CSC2=S)C1. The fraction of sp³-hybridized carbons (Fsp3) is 0.727. The predicted octanol–water partition coefficient (Wildman–Crippen LogP) is 0.801. The highest BCUT2D eigenvalue weighted by Gasteiger charge is 2.34. The first-order valence-electron chi connectivity index (χ1n) is 6.33. The highest BCUT2D eigenvalue weighted by Crippen LogP contribution is 2.23. The number of aliphatic carboxylic acids is 1. The maximum absolute atomic E-state index is 11.7. The number of hydrogen-bond donors (Lipinski definition) is 1. The van der Waals surface area contributed by atoms with Crippen molar-refractivity contribution in [2.24, 2.45) is 0 Å². The molecule has 0 amide bonds. The average molecular weight is 367 g/mol. The molecule has 6 nitrogen and oxygen atoms in total. The lowest BCUT2D eigenvalue weighted by Crippen LogP contribution is -2.57. The molecule has 118 valence electrons.